The van der Waals surface area contributed by atoms with Crippen LogP contribution in [0.4, 0.5) is 0 Å². The minimum Gasteiger partial charge on any atom is -0.459 e. The molecule has 6 aliphatic heterocycles. The molecule has 9 atom stereocenters. The molecule has 1 N–H and O–H groups in total. The molecule has 3 aliphatic carbocycles. The number of fused-ring (bicyclic) bond motifs is 1. The topological polar surface area (TPSA) is 104 Å². The number of hydrogen-bond donors (Lipinski definition) is 1. The Morgan fingerprint density at radius 3 is 2.39 bits per heavy atom. The van der Waals surface area contributed by atoms with Gasteiger partial charge in [-0.25, -0.2) is 4.79 Å². The molecule has 9 aliphatic rings. The van der Waals surface area contributed by atoms with E-state index in [1.165, 1.54) is 0 Å². The van der Waals surface area contributed by atoms with Gasteiger partial charge in [0.15, 0.2) is 11.4 Å². The van der Waals surface area contributed by atoms with Crippen molar-refractivity contribution < 1.29 is 38.4 Å². The van der Waals surface area contributed by atoms with Crippen molar-refractivity contribution in [3.8, 4) is 0 Å². The molecule has 6 bridgehead atoms. The van der Waals surface area contributed by atoms with Crippen molar-refractivity contribution in [2.75, 3.05) is 6.61 Å². The summed E-state index contributed by atoms with van der Waals surface area (Å²) < 4.78 is 31.5. The first kappa shape index (κ1) is 19.6. The molecular weight excluding hydrogens is 428 g/mol. The number of carbonyl (C=O) groups excluding carboxylic acids is 2. The molecule has 4 spiro atoms. The Balaban J connectivity index is 1.58. The monoisotopic (exact) mass is 456 g/mol. The number of rotatable bonds is 0. The third-order valence-electron chi connectivity index (χ3n) is 11.5. The molecule has 0 aromatic rings. The van der Waals surface area contributed by atoms with Crippen molar-refractivity contribution in [1.82, 2.24) is 0 Å². The van der Waals surface area contributed by atoms with Crippen LogP contribution in [0.3, 0.4) is 0 Å². The molecular formula is C25H28O8. The lowest BCUT2D eigenvalue weighted by Crippen LogP contribution is -2.81. The van der Waals surface area contributed by atoms with Crippen LogP contribution in [0.25, 0.3) is 0 Å². The number of esters is 2. The number of hydrogen-bond acceptors (Lipinski definition) is 8. The van der Waals surface area contributed by atoms with Gasteiger partial charge >= 0.3 is 11.9 Å². The van der Waals surface area contributed by atoms with E-state index in [0.717, 1.165) is 11.1 Å². The van der Waals surface area contributed by atoms with Gasteiger partial charge in [0.25, 0.3) is 0 Å². The fourth-order valence-electron chi connectivity index (χ4n) is 10.6. The first-order valence-electron chi connectivity index (χ1n) is 11.8. The van der Waals surface area contributed by atoms with Gasteiger partial charge in [0.1, 0.15) is 22.7 Å². The highest BCUT2D eigenvalue weighted by molar-refractivity contribution is 5.92. The van der Waals surface area contributed by atoms with Crippen LogP contribution >= 0.6 is 0 Å². The molecule has 2 saturated carbocycles. The first-order chi connectivity index (χ1) is 15.2. The number of epoxide rings is 1. The van der Waals surface area contributed by atoms with Crippen LogP contribution in [0.5, 0.6) is 0 Å². The Morgan fingerprint density at radius 2 is 1.73 bits per heavy atom. The molecule has 176 valence electrons. The van der Waals surface area contributed by atoms with E-state index in [1.54, 1.807) is 13.0 Å². The predicted molar refractivity (Wildman–Crippen MR) is 109 cm³/mol. The quantitative estimate of drug-likeness (QED) is 0.436. The average Bonchev–Trinajstić information content (AvgIpc) is 3.38. The fraction of sp³-hybridized carbons (Fsp3) is 0.760. The standard InChI is InChI=1S/C25H28O8/c1-12-24-23(16(27)30-12)18(4)8-7-13-14(9-15(26)31-17(13,2)3)21(18)10-19(5,22(23)11-29-22)25(24,28)33-20(21,6)32-24/h7,9,12,28H,8,10-11H2,1-6H3. The zero-order valence-corrected chi connectivity index (χ0v) is 19.7. The normalized spacial score (nSPS) is 64.2. The van der Waals surface area contributed by atoms with E-state index >= 15 is 0 Å². The number of cyclic esters (lactones) is 2. The Labute approximate surface area is 191 Å². The zero-order valence-electron chi connectivity index (χ0n) is 19.7. The van der Waals surface area contributed by atoms with Gasteiger partial charge in [0.2, 0.25) is 5.79 Å². The van der Waals surface area contributed by atoms with Crippen molar-refractivity contribution in [2.24, 2.45) is 21.7 Å². The van der Waals surface area contributed by atoms with Crippen LogP contribution in [-0.4, -0.2) is 58.1 Å². The molecule has 8 heteroatoms. The second kappa shape index (κ2) is 4.34. The SMILES string of the molecule is CC1OC(=O)C23C4(C)CC=C5C(=CC(=O)OC5(C)C)C45CC(C)(C4(O)OC5(C)OC142)C31CO1. The highest BCUT2D eigenvalue weighted by atomic mass is 16.8. The van der Waals surface area contributed by atoms with E-state index < -0.39 is 68.1 Å². The van der Waals surface area contributed by atoms with Crippen LogP contribution in [0.1, 0.15) is 54.4 Å². The number of carbonyl (C=O) groups is 2. The molecule has 9 unspecified atom stereocenters. The largest absolute Gasteiger partial charge is 0.459 e. The maximum absolute atomic E-state index is 14.1. The maximum atomic E-state index is 14.1. The average molecular weight is 456 g/mol. The van der Waals surface area contributed by atoms with Crippen molar-refractivity contribution in [3.05, 3.63) is 23.3 Å². The van der Waals surface area contributed by atoms with Crippen LogP contribution in [0.2, 0.25) is 0 Å². The molecule has 33 heavy (non-hydrogen) atoms. The molecule has 9 rings (SSSR count). The van der Waals surface area contributed by atoms with Crippen molar-refractivity contribution >= 4 is 11.9 Å². The van der Waals surface area contributed by atoms with Gasteiger partial charge in [0.05, 0.1) is 17.4 Å². The summed E-state index contributed by atoms with van der Waals surface area (Å²) in [4.78, 5) is 27.0. The first-order valence-corrected chi connectivity index (χ1v) is 11.8. The third kappa shape index (κ3) is 1.23. The number of allylic oxidation sites excluding steroid dienone is 1. The van der Waals surface area contributed by atoms with Crippen LogP contribution in [-0.2, 0) is 33.3 Å². The highest BCUT2D eigenvalue weighted by Crippen LogP contribution is 2.97. The summed E-state index contributed by atoms with van der Waals surface area (Å²) in [6.45, 7) is 11.8. The minimum absolute atomic E-state index is 0.327. The van der Waals surface area contributed by atoms with Crippen molar-refractivity contribution in [1.29, 1.82) is 0 Å². The van der Waals surface area contributed by atoms with E-state index in [-0.39, 0.29) is 0 Å². The molecule has 7 fully saturated rings. The molecule has 5 saturated heterocycles. The molecule has 0 radical (unpaired) electrons. The second-order valence-electron chi connectivity index (χ2n) is 12.5. The van der Waals surface area contributed by atoms with Gasteiger partial charge in [0, 0.05) is 11.5 Å². The number of ether oxygens (including phenoxy) is 5. The van der Waals surface area contributed by atoms with Crippen molar-refractivity contribution in [3.63, 3.8) is 0 Å². The maximum Gasteiger partial charge on any atom is 0.331 e. The zero-order chi connectivity index (χ0) is 23.5. The van der Waals surface area contributed by atoms with Gasteiger partial charge < -0.3 is 28.8 Å². The van der Waals surface area contributed by atoms with E-state index in [1.807, 2.05) is 27.7 Å². The molecule has 8 nitrogen and oxygen atoms in total. The van der Waals surface area contributed by atoms with Gasteiger partial charge in [-0.2, -0.15) is 0 Å². The van der Waals surface area contributed by atoms with E-state index in [0.29, 0.717) is 19.4 Å². The Hall–Kier alpha value is -1.74. The molecule has 0 aromatic carbocycles. The predicted octanol–water partition coefficient (Wildman–Crippen LogP) is 1.90. The van der Waals surface area contributed by atoms with Crippen LogP contribution in [0, 0.1) is 21.7 Å². The summed E-state index contributed by atoms with van der Waals surface area (Å²) in [5, 5.41) is 12.5. The summed E-state index contributed by atoms with van der Waals surface area (Å²) in [7, 11) is 0. The molecule has 0 aromatic heterocycles. The fourth-order valence-corrected chi connectivity index (χ4v) is 10.6. The third-order valence-corrected chi connectivity index (χ3v) is 11.5. The van der Waals surface area contributed by atoms with E-state index in [2.05, 4.69) is 13.0 Å². The van der Waals surface area contributed by atoms with Crippen molar-refractivity contribution in [2.45, 2.75) is 88.9 Å². The van der Waals surface area contributed by atoms with E-state index in [4.69, 9.17) is 23.7 Å². The van der Waals surface area contributed by atoms with Gasteiger partial charge in [-0.15, -0.1) is 0 Å². The highest BCUT2D eigenvalue weighted by Gasteiger charge is 3.12. The molecule has 6 heterocycles. The van der Waals surface area contributed by atoms with E-state index in [9.17, 15) is 14.7 Å². The second-order valence-corrected chi connectivity index (χ2v) is 12.5. The van der Waals surface area contributed by atoms with Gasteiger partial charge in [-0.05, 0) is 51.7 Å². The Morgan fingerprint density at radius 1 is 1.03 bits per heavy atom. The molecule has 0 amide bonds. The number of aliphatic hydroxyl groups is 1. The van der Waals surface area contributed by atoms with Gasteiger partial charge in [-0.3, -0.25) is 4.79 Å². The Kier molecular flexibility index (Phi) is 2.57. The summed E-state index contributed by atoms with van der Waals surface area (Å²) in [5.74, 6) is -3.89. The van der Waals surface area contributed by atoms with Crippen LogP contribution < -0.4 is 0 Å². The van der Waals surface area contributed by atoms with Gasteiger partial charge in [-0.1, -0.05) is 19.9 Å². The lowest BCUT2D eigenvalue weighted by atomic mass is 9.32. The summed E-state index contributed by atoms with van der Waals surface area (Å²) in [6.07, 6.45) is 3.90. The lowest BCUT2D eigenvalue weighted by Gasteiger charge is -2.73. The summed E-state index contributed by atoms with van der Waals surface area (Å²) >= 11 is 0. The lowest BCUT2D eigenvalue weighted by molar-refractivity contribution is -0.410. The summed E-state index contributed by atoms with van der Waals surface area (Å²) in [6, 6.07) is 0. The summed E-state index contributed by atoms with van der Waals surface area (Å²) in [5.41, 5.74) is -5.47. The Bertz CT molecular complexity index is 1210. The van der Waals surface area contributed by atoms with Crippen LogP contribution in [0.15, 0.2) is 23.3 Å². The minimum atomic E-state index is -1.78. The smallest absolute Gasteiger partial charge is 0.331 e.